The molecule has 5 heteroatoms. The molecule has 1 aliphatic rings. The lowest BCUT2D eigenvalue weighted by molar-refractivity contribution is -0.141. The molecule has 0 heterocycles. The van der Waals surface area contributed by atoms with Gasteiger partial charge in [0.05, 0.1) is 6.10 Å². The van der Waals surface area contributed by atoms with Crippen molar-refractivity contribution in [1.82, 2.24) is 4.90 Å². The molecule has 5 nitrogen and oxygen atoms in total. The normalized spacial score (nSPS) is 16.5. The van der Waals surface area contributed by atoms with E-state index in [1.807, 2.05) is 6.07 Å². The zero-order valence-electron chi connectivity index (χ0n) is 12.4. The Bertz CT molecular complexity index is 523. The fraction of sp³-hybridized carbons (Fsp3) is 0.500. The Kier molecular flexibility index (Phi) is 4.83. The standard InChI is InChI=1S/C16H21NO4/c1-11(16(19)20)17(2)15(18)12-6-5-9-14(10-12)21-13-7-3-4-8-13/h5-6,9-11,13H,3-4,7-8H2,1-2H3,(H,19,20). The molecule has 21 heavy (non-hydrogen) atoms. The Morgan fingerprint density at radius 2 is 2.00 bits per heavy atom. The molecular weight excluding hydrogens is 270 g/mol. The van der Waals surface area contributed by atoms with Gasteiger partial charge in [-0.15, -0.1) is 0 Å². The summed E-state index contributed by atoms with van der Waals surface area (Å²) in [6.07, 6.45) is 4.69. The van der Waals surface area contributed by atoms with Crippen LogP contribution in [0.15, 0.2) is 24.3 Å². The summed E-state index contributed by atoms with van der Waals surface area (Å²) in [5.74, 6) is -0.671. The number of hydrogen-bond donors (Lipinski definition) is 1. The van der Waals surface area contributed by atoms with E-state index in [0.29, 0.717) is 11.3 Å². The molecule has 0 radical (unpaired) electrons. The maximum Gasteiger partial charge on any atom is 0.326 e. The molecule has 0 bridgehead atoms. The van der Waals surface area contributed by atoms with E-state index >= 15 is 0 Å². The topological polar surface area (TPSA) is 66.8 Å². The highest BCUT2D eigenvalue weighted by molar-refractivity contribution is 5.96. The zero-order valence-corrected chi connectivity index (χ0v) is 12.4. The Labute approximate surface area is 124 Å². The third kappa shape index (κ3) is 3.74. The van der Waals surface area contributed by atoms with E-state index in [-0.39, 0.29) is 12.0 Å². The SMILES string of the molecule is CC(C(=O)O)N(C)C(=O)c1cccc(OC2CCCC2)c1. The van der Waals surface area contributed by atoms with Crippen LogP contribution in [0.2, 0.25) is 0 Å². The first-order valence-electron chi connectivity index (χ1n) is 7.25. The van der Waals surface area contributed by atoms with Gasteiger partial charge in [0.25, 0.3) is 5.91 Å². The van der Waals surface area contributed by atoms with Gasteiger partial charge in [-0.3, -0.25) is 4.79 Å². The summed E-state index contributed by atoms with van der Waals surface area (Å²) in [4.78, 5) is 24.5. The van der Waals surface area contributed by atoms with Gasteiger partial charge in [-0.1, -0.05) is 6.07 Å². The summed E-state index contributed by atoms with van der Waals surface area (Å²) in [6.45, 7) is 1.49. The number of nitrogens with zero attached hydrogens (tertiary/aromatic N) is 1. The molecule has 1 N–H and O–H groups in total. The second kappa shape index (κ2) is 6.61. The molecule has 0 saturated heterocycles. The predicted molar refractivity (Wildman–Crippen MR) is 78.5 cm³/mol. The van der Waals surface area contributed by atoms with Crippen LogP contribution in [0.1, 0.15) is 43.0 Å². The van der Waals surface area contributed by atoms with E-state index in [1.54, 1.807) is 18.2 Å². The van der Waals surface area contributed by atoms with Crippen molar-refractivity contribution in [3.8, 4) is 5.75 Å². The minimum Gasteiger partial charge on any atom is -0.490 e. The summed E-state index contributed by atoms with van der Waals surface area (Å²) >= 11 is 0. The maximum atomic E-state index is 12.3. The van der Waals surface area contributed by atoms with E-state index < -0.39 is 12.0 Å². The number of benzene rings is 1. The first kappa shape index (κ1) is 15.4. The number of carbonyl (C=O) groups is 2. The van der Waals surface area contributed by atoms with E-state index in [4.69, 9.17) is 9.84 Å². The number of carboxylic acids is 1. The Morgan fingerprint density at radius 1 is 1.33 bits per heavy atom. The lowest BCUT2D eigenvalue weighted by Gasteiger charge is -2.22. The van der Waals surface area contributed by atoms with Crippen molar-refractivity contribution < 1.29 is 19.4 Å². The Balaban J connectivity index is 2.08. The number of hydrogen-bond acceptors (Lipinski definition) is 3. The molecule has 114 valence electrons. The van der Waals surface area contributed by atoms with Gasteiger partial charge in [-0.25, -0.2) is 4.79 Å². The molecule has 0 aliphatic heterocycles. The molecule has 1 fully saturated rings. The second-order valence-corrected chi connectivity index (χ2v) is 5.48. The van der Waals surface area contributed by atoms with Gasteiger partial charge in [-0.2, -0.15) is 0 Å². The van der Waals surface area contributed by atoms with E-state index in [0.717, 1.165) is 12.8 Å². The van der Waals surface area contributed by atoms with Gasteiger partial charge in [0.1, 0.15) is 11.8 Å². The van der Waals surface area contributed by atoms with Gasteiger partial charge in [0.2, 0.25) is 0 Å². The molecule has 1 saturated carbocycles. The summed E-state index contributed by atoms with van der Waals surface area (Å²) in [6, 6.07) is 6.09. The minimum absolute atomic E-state index is 0.228. The van der Waals surface area contributed by atoms with Crippen LogP contribution in [-0.2, 0) is 4.79 Å². The van der Waals surface area contributed by atoms with E-state index in [2.05, 4.69) is 0 Å². The largest absolute Gasteiger partial charge is 0.490 e. The number of ether oxygens (including phenoxy) is 1. The fourth-order valence-electron chi connectivity index (χ4n) is 2.45. The molecule has 1 aliphatic carbocycles. The number of amides is 1. The first-order valence-corrected chi connectivity index (χ1v) is 7.25. The van der Waals surface area contributed by atoms with E-state index in [9.17, 15) is 9.59 Å². The van der Waals surface area contributed by atoms with Crippen molar-refractivity contribution in [2.75, 3.05) is 7.05 Å². The smallest absolute Gasteiger partial charge is 0.326 e. The minimum atomic E-state index is -1.02. The summed E-state index contributed by atoms with van der Waals surface area (Å²) < 4.78 is 5.87. The van der Waals surface area contributed by atoms with Crippen LogP contribution < -0.4 is 4.74 Å². The third-order valence-corrected chi connectivity index (χ3v) is 3.94. The number of carbonyl (C=O) groups excluding carboxylic acids is 1. The molecule has 2 rings (SSSR count). The molecule has 1 amide bonds. The van der Waals surface area contributed by atoms with Crippen molar-refractivity contribution >= 4 is 11.9 Å². The van der Waals surface area contributed by atoms with Crippen molar-refractivity contribution in [3.63, 3.8) is 0 Å². The van der Waals surface area contributed by atoms with Crippen LogP contribution in [0.5, 0.6) is 5.75 Å². The molecule has 0 spiro atoms. The molecule has 1 aromatic rings. The molecule has 1 unspecified atom stereocenters. The quantitative estimate of drug-likeness (QED) is 0.905. The van der Waals surface area contributed by atoms with Crippen LogP contribution in [0.25, 0.3) is 0 Å². The summed E-state index contributed by atoms with van der Waals surface area (Å²) in [5, 5.41) is 8.97. The van der Waals surface area contributed by atoms with Gasteiger partial charge < -0.3 is 14.7 Å². The van der Waals surface area contributed by atoms with Gasteiger partial charge in [0, 0.05) is 12.6 Å². The Hall–Kier alpha value is -2.04. The van der Waals surface area contributed by atoms with Crippen molar-refractivity contribution in [2.45, 2.75) is 44.8 Å². The summed E-state index contributed by atoms with van der Waals surface area (Å²) in [7, 11) is 1.49. The second-order valence-electron chi connectivity index (χ2n) is 5.48. The Morgan fingerprint density at radius 3 is 2.62 bits per heavy atom. The van der Waals surface area contributed by atoms with Crippen LogP contribution in [-0.4, -0.2) is 41.1 Å². The molecular formula is C16H21NO4. The first-order chi connectivity index (χ1) is 9.99. The highest BCUT2D eigenvalue weighted by atomic mass is 16.5. The highest BCUT2D eigenvalue weighted by Crippen LogP contribution is 2.25. The third-order valence-electron chi connectivity index (χ3n) is 3.94. The van der Waals surface area contributed by atoms with Crippen molar-refractivity contribution in [3.05, 3.63) is 29.8 Å². The fourth-order valence-corrected chi connectivity index (χ4v) is 2.45. The average molecular weight is 291 g/mol. The molecule has 0 aromatic heterocycles. The van der Waals surface area contributed by atoms with Gasteiger partial charge in [0.15, 0.2) is 0 Å². The monoisotopic (exact) mass is 291 g/mol. The van der Waals surface area contributed by atoms with E-state index in [1.165, 1.54) is 31.7 Å². The highest BCUT2D eigenvalue weighted by Gasteiger charge is 2.23. The predicted octanol–water partition coefficient (Wildman–Crippen LogP) is 2.55. The van der Waals surface area contributed by atoms with Gasteiger partial charge in [-0.05, 0) is 50.8 Å². The van der Waals surface area contributed by atoms with Crippen molar-refractivity contribution in [1.29, 1.82) is 0 Å². The van der Waals surface area contributed by atoms with Crippen molar-refractivity contribution in [2.24, 2.45) is 0 Å². The maximum absolute atomic E-state index is 12.3. The number of likely N-dealkylation sites (N-methyl/N-ethyl adjacent to an activating group) is 1. The zero-order chi connectivity index (χ0) is 15.4. The lowest BCUT2D eigenvalue weighted by Crippen LogP contribution is -2.40. The van der Waals surface area contributed by atoms with Crippen LogP contribution in [0, 0.1) is 0 Å². The molecule has 1 aromatic carbocycles. The lowest BCUT2D eigenvalue weighted by atomic mass is 10.1. The number of aliphatic carboxylic acids is 1. The van der Waals surface area contributed by atoms with Crippen LogP contribution in [0.4, 0.5) is 0 Å². The number of carboxylic acid groups (broad SMARTS) is 1. The van der Waals surface area contributed by atoms with Gasteiger partial charge >= 0.3 is 5.97 Å². The summed E-state index contributed by atoms with van der Waals surface area (Å²) in [5.41, 5.74) is 0.445. The van der Waals surface area contributed by atoms with Crippen LogP contribution in [0.3, 0.4) is 0 Å². The number of rotatable bonds is 5. The van der Waals surface area contributed by atoms with Crippen LogP contribution >= 0.6 is 0 Å². The average Bonchev–Trinajstić information content (AvgIpc) is 2.98. The molecule has 1 atom stereocenters.